The summed E-state index contributed by atoms with van der Waals surface area (Å²) in [6.45, 7) is 10.0. The molecule has 0 fully saturated rings. The summed E-state index contributed by atoms with van der Waals surface area (Å²) in [5, 5.41) is 7.11. The molecular formula is C17H29ClIN3O2S. The van der Waals surface area contributed by atoms with Crippen LogP contribution in [0.2, 0.25) is 5.02 Å². The Bertz CT molecular complexity index is 655. The second kappa shape index (κ2) is 10.6. The van der Waals surface area contributed by atoms with Crippen LogP contribution in [0.5, 0.6) is 0 Å². The highest BCUT2D eigenvalue weighted by atomic mass is 127. The van der Waals surface area contributed by atoms with Crippen LogP contribution in [0.3, 0.4) is 0 Å². The standard InChI is InChI=1S/C17H28ClN3O2S.HI/c1-6-19-16(20-11-12-24(22,23)17(3,4)5)21-13(2)14-7-9-15(18)10-8-14;/h7-10,13H,6,11-12H2,1-5H3,(H2,19,20,21);1H. The van der Waals surface area contributed by atoms with E-state index in [1.807, 2.05) is 38.1 Å². The summed E-state index contributed by atoms with van der Waals surface area (Å²) in [4.78, 5) is 4.38. The molecule has 0 heterocycles. The predicted molar refractivity (Wildman–Crippen MR) is 118 cm³/mol. The van der Waals surface area contributed by atoms with E-state index in [-0.39, 0.29) is 42.3 Å². The molecule has 0 spiro atoms. The third-order valence-corrected chi connectivity index (χ3v) is 6.47. The summed E-state index contributed by atoms with van der Waals surface area (Å²) in [5.74, 6) is 0.631. The van der Waals surface area contributed by atoms with Gasteiger partial charge in [-0.25, -0.2) is 8.42 Å². The van der Waals surface area contributed by atoms with E-state index in [1.165, 1.54) is 0 Å². The fraction of sp³-hybridized carbons (Fsp3) is 0.588. The number of guanidine groups is 1. The van der Waals surface area contributed by atoms with Gasteiger partial charge in [0.2, 0.25) is 0 Å². The number of halogens is 2. The zero-order valence-corrected chi connectivity index (χ0v) is 19.4. The van der Waals surface area contributed by atoms with Gasteiger partial charge in [-0.15, -0.1) is 24.0 Å². The van der Waals surface area contributed by atoms with Crippen LogP contribution in [0.1, 0.15) is 46.2 Å². The van der Waals surface area contributed by atoms with Crippen LogP contribution in [0.15, 0.2) is 29.3 Å². The predicted octanol–water partition coefficient (Wildman–Crippen LogP) is 3.79. The third-order valence-electron chi connectivity index (χ3n) is 3.63. The van der Waals surface area contributed by atoms with E-state index in [0.717, 1.165) is 5.56 Å². The summed E-state index contributed by atoms with van der Waals surface area (Å²) in [6, 6.07) is 7.62. The Morgan fingerprint density at radius 3 is 2.28 bits per heavy atom. The second-order valence-corrected chi connectivity index (χ2v) is 9.91. The largest absolute Gasteiger partial charge is 0.357 e. The molecule has 144 valence electrons. The smallest absolute Gasteiger partial charge is 0.191 e. The minimum atomic E-state index is -3.17. The number of hydrogen-bond donors (Lipinski definition) is 2. The lowest BCUT2D eigenvalue weighted by atomic mass is 10.1. The van der Waals surface area contributed by atoms with Gasteiger partial charge < -0.3 is 10.6 Å². The molecule has 1 unspecified atom stereocenters. The SMILES string of the molecule is CCNC(=NCCS(=O)(=O)C(C)(C)C)NC(C)c1ccc(Cl)cc1.I. The summed E-state index contributed by atoms with van der Waals surface area (Å²) < 4.78 is 23.5. The molecule has 0 saturated carbocycles. The van der Waals surface area contributed by atoms with Gasteiger partial charge >= 0.3 is 0 Å². The van der Waals surface area contributed by atoms with Crippen LogP contribution in [0.4, 0.5) is 0 Å². The average Bonchev–Trinajstić information content (AvgIpc) is 2.46. The van der Waals surface area contributed by atoms with Gasteiger partial charge in [0.15, 0.2) is 15.8 Å². The van der Waals surface area contributed by atoms with Gasteiger partial charge in [-0.3, -0.25) is 4.99 Å². The highest BCUT2D eigenvalue weighted by Gasteiger charge is 2.28. The van der Waals surface area contributed by atoms with E-state index < -0.39 is 14.6 Å². The number of benzene rings is 1. The number of sulfone groups is 1. The van der Waals surface area contributed by atoms with Crippen molar-refractivity contribution in [1.29, 1.82) is 0 Å². The number of nitrogens with zero attached hydrogens (tertiary/aromatic N) is 1. The monoisotopic (exact) mass is 501 g/mol. The summed E-state index contributed by atoms with van der Waals surface area (Å²) in [6.07, 6.45) is 0. The lowest BCUT2D eigenvalue weighted by Crippen LogP contribution is -2.39. The third kappa shape index (κ3) is 8.13. The lowest BCUT2D eigenvalue weighted by Gasteiger charge is -2.20. The van der Waals surface area contributed by atoms with Crippen LogP contribution in [-0.2, 0) is 9.84 Å². The summed E-state index contributed by atoms with van der Waals surface area (Å²) in [5.41, 5.74) is 1.08. The van der Waals surface area contributed by atoms with Gasteiger partial charge in [-0.2, -0.15) is 0 Å². The zero-order chi connectivity index (χ0) is 18.4. The maximum Gasteiger partial charge on any atom is 0.191 e. The Labute approximate surface area is 174 Å². The molecule has 1 atom stereocenters. The molecule has 2 N–H and O–H groups in total. The second-order valence-electron chi connectivity index (χ2n) is 6.61. The molecule has 0 aliphatic heterocycles. The number of nitrogens with one attached hydrogen (secondary N) is 2. The zero-order valence-electron chi connectivity index (χ0n) is 15.5. The van der Waals surface area contributed by atoms with Crippen molar-refractivity contribution in [1.82, 2.24) is 10.6 Å². The molecule has 0 saturated heterocycles. The van der Waals surface area contributed by atoms with E-state index in [1.54, 1.807) is 20.8 Å². The van der Waals surface area contributed by atoms with Crippen molar-refractivity contribution >= 4 is 51.4 Å². The lowest BCUT2D eigenvalue weighted by molar-refractivity contribution is 0.560. The molecule has 8 heteroatoms. The van der Waals surface area contributed by atoms with E-state index in [2.05, 4.69) is 15.6 Å². The van der Waals surface area contributed by atoms with Crippen molar-refractivity contribution in [3.05, 3.63) is 34.9 Å². The first-order valence-corrected chi connectivity index (χ1v) is 10.1. The van der Waals surface area contributed by atoms with Crippen molar-refractivity contribution < 1.29 is 8.42 Å². The normalized spacial score (nSPS) is 13.8. The van der Waals surface area contributed by atoms with Gasteiger partial charge in [-0.1, -0.05) is 23.7 Å². The first-order valence-electron chi connectivity index (χ1n) is 8.09. The Hall–Kier alpha value is -0.540. The molecule has 1 aromatic carbocycles. The van der Waals surface area contributed by atoms with Gasteiger partial charge in [-0.05, 0) is 52.3 Å². The quantitative estimate of drug-likeness (QED) is 0.353. The fourth-order valence-corrected chi connectivity index (χ4v) is 3.01. The van der Waals surface area contributed by atoms with Gasteiger partial charge in [0.25, 0.3) is 0 Å². The van der Waals surface area contributed by atoms with Crippen molar-refractivity contribution in [2.75, 3.05) is 18.8 Å². The molecule has 0 aliphatic rings. The first kappa shape index (κ1) is 24.5. The van der Waals surface area contributed by atoms with Gasteiger partial charge in [0, 0.05) is 11.6 Å². The molecule has 0 radical (unpaired) electrons. The van der Waals surface area contributed by atoms with Crippen LogP contribution in [0.25, 0.3) is 0 Å². The minimum absolute atomic E-state index is 0. The number of rotatable bonds is 6. The van der Waals surface area contributed by atoms with E-state index >= 15 is 0 Å². The van der Waals surface area contributed by atoms with Gasteiger partial charge in [0.05, 0.1) is 23.1 Å². The summed E-state index contributed by atoms with van der Waals surface area (Å²) >= 11 is 5.91. The highest BCUT2D eigenvalue weighted by molar-refractivity contribution is 14.0. The molecule has 1 aromatic rings. The van der Waals surface area contributed by atoms with Crippen molar-refractivity contribution in [2.24, 2.45) is 4.99 Å². The maximum absolute atomic E-state index is 12.1. The Morgan fingerprint density at radius 2 is 1.80 bits per heavy atom. The molecule has 0 aliphatic carbocycles. The molecular weight excluding hydrogens is 473 g/mol. The van der Waals surface area contributed by atoms with E-state index in [0.29, 0.717) is 17.5 Å². The van der Waals surface area contributed by atoms with E-state index in [9.17, 15) is 8.42 Å². The minimum Gasteiger partial charge on any atom is -0.357 e. The Balaban J connectivity index is 0.00000576. The number of aliphatic imine (C=N–C) groups is 1. The van der Waals surface area contributed by atoms with Crippen LogP contribution >= 0.6 is 35.6 Å². The molecule has 25 heavy (non-hydrogen) atoms. The topological polar surface area (TPSA) is 70.6 Å². The average molecular weight is 502 g/mol. The molecule has 0 aromatic heterocycles. The fourth-order valence-electron chi connectivity index (χ4n) is 1.94. The Morgan fingerprint density at radius 1 is 1.24 bits per heavy atom. The van der Waals surface area contributed by atoms with Crippen molar-refractivity contribution in [3.8, 4) is 0 Å². The maximum atomic E-state index is 12.1. The Kier molecular flexibility index (Phi) is 10.3. The van der Waals surface area contributed by atoms with Crippen LogP contribution < -0.4 is 10.6 Å². The first-order chi connectivity index (χ1) is 11.1. The van der Waals surface area contributed by atoms with Gasteiger partial charge in [0.1, 0.15) is 0 Å². The van der Waals surface area contributed by atoms with Crippen LogP contribution in [-0.4, -0.2) is 38.0 Å². The highest BCUT2D eigenvalue weighted by Crippen LogP contribution is 2.17. The molecule has 0 amide bonds. The van der Waals surface area contributed by atoms with Crippen molar-refractivity contribution in [2.45, 2.75) is 45.4 Å². The number of hydrogen-bond acceptors (Lipinski definition) is 3. The van der Waals surface area contributed by atoms with E-state index in [4.69, 9.17) is 11.6 Å². The molecule has 5 nitrogen and oxygen atoms in total. The van der Waals surface area contributed by atoms with Crippen LogP contribution in [0, 0.1) is 0 Å². The molecule has 0 bridgehead atoms. The molecule has 1 rings (SSSR count). The summed E-state index contributed by atoms with van der Waals surface area (Å²) in [7, 11) is -3.17. The van der Waals surface area contributed by atoms with Crippen molar-refractivity contribution in [3.63, 3.8) is 0 Å².